The number of rotatable bonds is 4. The van der Waals surface area contributed by atoms with Crippen LogP contribution in [-0.4, -0.2) is 20.5 Å². The molecular weight excluding hydrogens is 332 g/mol. The van der Waals surface area contributed by atoms with Crippen molar-refractivity contribution in [2.24, 2.45) is 0 Å². The van der Waals surface area contributed by atoms with Gasteiger partial charge in [-0.3, -0.25) is 4.21 Å². The van der Waals surface area contributed by atoms with Crippen molar-refractivity contribution in [3.05, 3.63) is 58.3 Å². The number of hydrogen-bond donors (Lipinski definition) is 0. The summed E-state index contributed by atoms with van der Waals surface area (Å²) in [6.45, 7) is 6.38. The summed E-state index contributed by atoms with van der Waals surface area (Å²) in [6, 6.07) is 12.2. The van der Waals surface area contributed by atoms with Crippen LogP contribution in [0.1, 0.15) is 41.8 Å². The van der Waals surface area contributed by atoms with Gasteiger partial charge in [0.15, 0.2) is 0 Å². The summed E-state index contributed by atoms with van der Waals surface area (Å²) >= 11 is 0. The lowest BCUT2D eigenvalue weighted by Gasteiger charge is -2.33. The van der Waals surface area contributed by atoms with Crippen LogP contribution < -0.4 is 0 Å². The zero-order valence-corrected chi connectivity index (χ0v) is 15.7. The summed E-state index contributed by atoms with van der Waals surface area (Å²) in [5.74, 6) is 0.462. The Morgan fingerprint density at radius 2 is 2.00 bits per heavy atom. The number of benzene rings is 1. The van der Waals surface area contributed by atoms with Crippen LogP contribution in [0, 0.1) is 18.3 Å². The van der Waals surface area contributed by atoms with E-state index >= 15 is 0 Å². The highest BCUT2D eigenvalue weighted by molar-refractivity contribution is 7.85. The van der Waals surface area contributed by atoms with E-state index in [1.807, 2.05) is 51.1 Å². The maximum atomic E-state index is 12.9. The Kier molecular flexibility index (Phi) is 5.03. The molecule has 0 aliphatic carbocycles. The second-order valence-electron chi connectivity index (χ2n) is 6.96. The average molecular weight is 354 g/mol. The van der Waals surface area contributed by atoms with Crippen molar-refractivity contribution in [2.75, 3.05) is 5.75 Å². The molecule has 0 N–H and O–H groups in total. The quantitative estimate of drug-likeness (QED) is 0.843. The summed E-state index contributed by atoms with van der Waals surface area (Å²) in [5, 5.41) is 10.1. The van der Waals surface area contributed by atoms with E-state index < -0.39 is 10.8 Å². The van der Waals surface area contributed by atoms with Crippen LogP contribution in [0.3, 0.4) is 0 Å². The molecule has 1 unspecified atom stereocenters. The van der Waals surface area contributed by atoms with E-state index in [1.165, 1.54) is 0 Å². The molecule has 1 aromatic heterocycles. The molecular formula is C20H22N2O2S. The minimum Gasteiger partial charge on any atom is -0.370 e. The van der Waals surface area contributed by atoms with Crippen LogP contribution in [0.2, 0.25) is 0 Å². The van der Waals surface area contributed by atoms with Gasteiger partial charge in [-0.2, -0.15) is 5.26 Å². The Morgan fingerprint density at radius 3 is 2.68 bits per heavy atom. The lowest BCUT2D eigenvalue weighted by atomic mass is 9.89. The number of nitrogens with zero attached hydrogens (tertiary/aromatic N) is 2. The number of aromatic nitrogens is 1. The first kappa shape index (κ1) is 17.8. The lowest BCUT2D eigenvalue weighted by Crippen LogP contribution is -2.33. The Labute approximate surface area is 151 Å². The summed E-state index contributed by atoms with van der Waals surface area (Å²) in [6.07, 6.45) is 1.34. The van der Waals surface area contributed by atoms with Gasteiger partial charge in [-0.1, -0.05) is 30.3 Å². The van der Waals surface area contributed by atoms with Crippen LogP contribution in [0.25, 0.3) is 0 Å². The number of fused-ring (bicyclic) bond motifs is 1. The van der Waals surface area contributed by atoms with Crippen LogP contribution in [0.4, 0.5) is 0 Å². The minimum absolute atomic E-state index is 0.324. The predicted molar refractivity (Wildman–Crippen MR) is 97.7 cm³/mol. The standard InChI is InChI=1S/C20H22N2O2S/c1-14-18-13-24-20(2,3)11-16(18)17(12-21)19(22-14)25(23)10-9-15-7-5-4-6-8-15/h4-8H,9-11,13H2,1-3H3. The first-order valence-corrected chi connectivity index (χ1v) is 9.72. The third-order valence-corrected chi connectivity index (χ3v) is 5.84. The van der Waals surface area contributed by atoms with Crippen LogP contribution >= 0.6 is 0 Å². The molecule has 1 aromatic carbocycles. The maximum absolute atomic E-state index is 12.9. The maximum Gasteiger partial charge on any atom is 0.145 e. The van der Waals surface area contributed by atoms with Crippen LogP contribution in [0.15, 0.2) is 35.4 Å². The highest BCUT2D eigenvalue weighted by Gasteiger charge is 2.31. The zero-order chi connectivity index (χ0) is 18.0. The number of ether oxygens (including phenoxy) is 1. The van der Waals surface area contributed by atoms with E-state index in [-0.39, 0.29) is 5.60 Å². The molecule has 0 amide bonds. The SMILES string of the molecule is Cc1nc(S(=O)CCc2ccccc2)c(C#N)c2c1COC(C)(C)C2. The third-order valence-electron chi connectivity index (χ3n) is 4.54. The second kappa shape index (κ2) is 7.07. The first-order valence-electron chi connectivity index (χ1n) is 8.40. The lowest BCUT2D eigenvalue weighted by molar-refractivity contribution is -0.0407. The van der Waals surface area contributed by atoms with Crippen molar-refractivity contribution in [3.8, 4) is 6.07 Å². The normalized spacial score (nSPS) is 16.7. The minimum atomic E-state index is -1.30. The van der Waals surface area contributed by atoms with E-state index in [4.69, 9.17) is 4.74 Å². The van der Waals surface area contributed by atoms with Gasteiger partial charge in [-0.15, -0.1) is 0 Å². The molecule has 0 saturated heterocycles. The molecule has 1 atom stereocenters. The van der Waals surface area contributed by atoms with E-state index in [0.29, 0.717) is 35.8 Å². The molecule has 0 fully saturated rings. The van der Waals surface area contributed by atoms with Gasteiger partial charge >= 0.3 is 0 Å². The van der Waals surface area contributed by atoms with Gasteiger partial charge in [-0.25, -0.2) is 4.98 Å². The molecule has 0 bridgehead atoms. The van der Waals surface area contributed by atoms with E-state index in [2.05, 4.69) is 11.1 Å². The number of hydrogen-bond acceptors (Lipinski definition) is 4. The molecule has 2 aromatic rings. The van der Waals surface area contributed by atoms with Gasteiger partial charge in [0.25, 0.3) is 0 Å². The second-order valence-corrected chi connectivity index (χ2v) is 8.44. The van der Waals surface area contributed by atoms with Gasteiger partial charge in [-0.05, 0) is 38.3 Å². The summed E-state index contributed by atoms with van der Waals surface area (Å²) < 4.78 is 18.7. The Bertz CT molecular complexity index is 854. The summed E-state index contributed by atoms with van der Waals surface area (Å²) in [5.41, 5.74) is 4.03. The van der Waals surface area contributed by atoms with Crippen molar-refractivity contribution < 1.29 is 8.95 Å². The highest BCUT2D eigenvalue weighted by atomic mass is 32.2. The molecule has 1 aliphatic rings. The third kappa shape index (κ3) is 3.81. The van der Waals surface area contributed by atoms with E-state index in [9.17, 15) is 9.47 Å². The summed E-state index contributed by atoms with van der Waals surface area (Å²) in [7, 11) is -1.30. The average Bonchev–Trinajstić information content (AvgIpc) is 2.59. The molecule has 2 heterocycles. The molecule has 25 heavy (non-hydrogen) atoms. The first-order chi connectivity index (χ1) is 11.9. The van der Waals surface area contributed by atoms with Gasteiger partial charge in [0.1, 0.15) is 11.1 Å². The predicted octanol–water partition coefficient (Wildman–Crippen LogP) is 3.46. The van der Waals surface area contributed by atoms with E-state index in [1.54, 1.807) is 0 Å². The Hall–Kier alpha value is -2.03. The molecule has 3 rings (SSSR count). The van der Waals surface area contributed by atoms with Gasteiger partial charge in [0, 0.05) is 23.4 Å². The molecule has 0 radical (unpaired) electrons. The van der Waals surface area contributed by atoms with Crippen molar-refractivity contribution >= 4 is 10.8 Å². The molecule has 0 spiro atoms. The molecule has 5 heteroatoms. The van der Waals surface area contributed by atoms with Crippen molar-refractivity contribution in [3.63, 3.8) is 0 Å². The van der Waals surface area contributed by atoms with Crippen LogP contribution in [-0.2, 0) is 35.0 Å². The fourth-order valence-electron chi connectivity index (χ4n) is 3.14. The Balaban J connectivity index is 1.92. The van der Waals surface area contributed by atoms with Crippen LogP contribution in [0.5, 0.6) is 0 Å². The molecule has 130 valence electrons. The molecule has 1 aliphatic heterocycles. The summed E-state index contributed by atoms with van der Waals surface area (Å²) in [4.78, 5) is 4.51. The molecule has 0 saturated carbocycles. The topological polar surface area (TPSA) is 63.0 Å². The number of aryl methyl sites for hydroxylation is 2. The highest BCUT2D eigenvalue weighted by Crippen LogP contribution is 2.33. The van der Waals surface area contributed by atoms with E-state index in [0.717, 1.165) is 22.4 Å². The Morgan fingerprint density at radius 1 is 1.28 bits per heavy atom. The van der Waals surface area contributed by atoms with Crippen molar-refractivity contribution in [2.45, 2.75) is 50.8 Å². The monoisotopic (exact) mass is 354 g/mol. The van der Waals surface area contributed by atoms with Gasteiger partial charge < -0.3 is 4.74 Å². The van der Waals surface area contributed by atoms with Crippen molar-refractivity contribution in [1.29, 1.82) is 5.26 Å². The zero-order valence-electron chi connectivity index (χ0n) is 14.8. The smallest absolute Gasteiger partial charge is 0.145 e. The fraction of sp³-hybridized carbons (Fsp3) is 0.400. The number of nitriles is 1. The van der Waals surface area contributed by atoms with Gasteiger partial charge in [0.2, 0.25) is 0 Å². The molecule has 4 nitrogen and oxygen atoms in total. The van der Waals surface area contributed by atoms with Crippen molar-refractivity contribution in [1.82, 2.24) is 4.98 Å². The van der Waals surface area contributed by atoms with Gasteiger partial charge in [0.05, 0.1) is 28.6 Å². The largest absolute Gasteiger partial charge is 0.370 e. The number of pyridine rings is 1. The fourth-order valence-corrected chi connectivity index (χ4v) is 4.39.